The van der Waals surface area contributed by atoms with Crippen LogP contribution in [0.2, 0.25) is 0 Å². The number of esters is 1. The van der Waals surface area contributed by atoms with Crippen molar-refractivity contribution in [3.8, 4) is 22.6 Å². The largest absolute Gasteiger partial charge is 0.497 e. The molecule has 1 N–H and O–H groups in total. The molecule has 1 fully saturated rings. The molecule has 6 heteroatoms. The lowest BCUT2D eigenvalue weighted by Gasteiger charge is -2.17. The Morgan fingerprint density at radius 2 is 1.53 bits per heavy atom. The Morgan fingerprint density at radius 3 is 2.06 bits per heavy atom. The number of ether oxygens (including phenoxy) is 3. The topological polar surface area (TPSA) is 56.8 Å². The molecule has 0 radical (unpaired) electrons. The molecule has 0 aliphatic carbocycles. The van der Waals surface area contributed by atoms with Crippen molar-refractivity contribution < 1.29 is 19.0 Å². The van der Waals surface area contributed by atoms with Crippen LogP contribution in [0, 0.1) is 0 Å². The van der Waals surface area contributed by atoms with Crippen LogP contribution in [0.5, 0.6) is 11.5 Å². The Bertz CT molecular complexity index is 1070. The zero-order chi connectivity index (χ0) is 23.9. The van der Waals surface area contributed by atoms with E-state index in [1.807, 2.05) is 42.1 Å². The smallest absolute Gasteiger partial charge is 0.313 e. The van der Waals surface area contributed by atoms with E-state index in [0.29, 0.717) is 24.0 Å². The number of nitrogens with one attached hydrogen (secondary N) is 1. The van der Waals surface area contributed by atoms with Gasteiger partial charge >= 0.3 is 5.97 Å². The molecule has 34 heavy (non-hydrogen) atoms. The van der Waals surface area contributed by atoms with Crippen LogP contribution in [0.4, 0.5) is 0 Å². The third-order valence-corrected chi connectivity index (χ3v) is 7.22. The molecule has 4 rings (SSSR count). The van der Waals surface area contributed by atoms with Crippen LogP contribution < -0.4 is 14.8 Å². The van der Waals surface area contributed by atoms with Crippen molar-refractivity contribution in [1.29, 1.82) is 0 Å². The summed E-state index contributed by atoms with van der Waals surface area (Å²) in [7, 11) is 4.66. The van der Waals surface area contributed by atoms with Gasteiger partial charge in [-0.1, -0.05) is 48.5 Å². The van der Waals surface area contributed by atoms with Crippen LogP contribution in [0.25, 0.3) is 11.1 Å². The molecular formula is C28H31NO4S. The first-order valence-electron chi connectivity index (χ1n) is 11.4. The predicted molar refractivity (Wildman–Crippen MR) is 138 cm³/mol. The van der Waals surface area contributed by atoms with Gasteiger partial charge in [0.05, 0.1) is 27.2 Å². The summed E-state index contributed by atoms with van der Waals surface area (Å²) >= 11 is 1.96. The second-order valence-electron chi connectivity index (χ2n) is 8.44. The summed E-state index contributed by atoms with van der Waals surface area (Å²) in [6.45, 7) is 0. The fourth-order valence-electron chi connectivity index (χ4n) is 4.29. The van der Waals surface area contributed by atoms with Gasteiger partial charge in [0.15, 0.2) is 0 Å². The normalized spacial score (nSPS) is 16.1. The number of methoxy groups -OCH3 is 3. The average molecular weight is 478 g/mol. The van der Waals surface area contributed by atoms with Crippen LogP contribution in [0.3, 0.4) is 0 Å². The summed E-state index contributed by atoms with van der Waals surface area (Å²) in [5, 5.41) is 3.52. The van der Waals surface area contributed by atoms with Crippen molar-refractivity contribution >= 4 is 17.7 Å². The molecule has 3 aromatic rings. The van der Waals surface area contributed by atoms with Gasteiger partial charge < -0.3 is 19.5 Å². The lowest BCUT2D eigenvalue weighted by molar-refractivity contribution is -0.142. The van der Waals surface area contributed by atoms with E-state index in [4.69, 9.17) is 14.2 Å². The molecule has 2 atom stereocenters. The Morgan fingerprint density at radius 1 is 0.912 bits per heavy atom. The minimum absolute atomic E-state index is 0.266. The summed E-state index contributed by atoms with van der Waals surface area (Å²) in [6.07, 6.45) is 1.55. The second-order valence-corrected chi connectivity index (χ2v) is 9.47. The molecule has 0 amide bonds. The van der Waals surface area contributed by atoms with Gasteiger partial charge in [-0.25, -0.2) is 0 Å². The molecule has 0 spiro atoms. The summed E-state index contributed by atoms with van der Waals surface area (Å²) < 4.78 is 15.9. The van der Waals surface area contributed by atoms with Gasteiger partial charge in [-0.15, -0.1) is 11.8 Å². The van der Waals surface area contributed by atoms with Gasteiger partial charge in [0.2, 0.25) is 0 Å². The van der Waals surface area contributed by atoms with Gasteiger partial charge in [-0.05, 0) is 52.8 Å². The van der Waals surface area contributed by atoms with E-state index in [-0.39, 0.29) is 5.97 Å². The van der Waals surface area contributed by atoms with E-state index >= 15 is 0 Å². The molecule has 178 valence electrons. The molecule has 0 saturated carbocycles. The SMILES string of the molecule is COC(=O)C(Cc1cc(OC)cc(OC)c1)c1ccc(-c2ccc(CC3CSCN3)cc2)cc1. The Kier molecular flexibility index (Phi) is 8.14. The number of rotatable bonds is 9. The Labute approximate surface area is 205 Å². The van der Waals surface area contributed by atoms with Gasteiger partial charge in [0.25, 0.3) is 0 Å². The van der Waals surface area contributed by atoms with Crippen molar-refractivity contribution in [2.45, 2.75) is 24.8 Å². The lowest BCUT2D eigenvalue weighted by Crippen LogP contribution is -2.25. The predicted octanol–water partition coefficient (Wildman–Crippen LogP) is 5.08. The van der Waals surface area contributed by atoms with Crippen LogP contribution in [0.1, 0.15) is 22.6 Å². The van der Waals surface area contributed by atoms with Crippen molar-refractivity contribution in [3.05, 3.63) is 83.4 Å². The van der Waals surface area contributed by atoms with E-state index in [9.17, 15) is 4.79 Å². The van der Waals surface area contributed by atoms with E-state index in [1.165, 1.54) is 18.4 Å². The van der Waals surface area contributed by atoms with Crippen molar-refractivity contribution in [2.75, 3.05) is 33.0 Å². The van der Waals surface area contributed by atoms with Crippen LogP contribution in [-0.2, 0) is 22.4 Å². The number of thioether (sulfide) groups is 1. The maximum Gasteiger partial charge on any atom is 0.313 e. The molecule has 0 bridgehead atoms. The van der Waals surface area contributed by atoms with E-state index in [1.54, 1.807) is 14.2 Å². The summed E-state index contributed by atoms with van der Waals surface area (Å²) in [4.78, 5) is 12.7. The van der Waals surface area contributed by atoms with Gasteiger partial charge in [-0.2, -0.15) is 0 Å². The Hall–Kier alpha value is -2.96. The molecule has 5 nitrogen and oxygen atoms in total. The maximum absolute atomic E-state index is 12.7. The zero-order valence-corrected chi connectivity index (χ0v) is 20.7. The number of carbonyl (C=O) groups is 1. The molecule has 1 aliphatic rings. The fraction of sp³-hybridized carbons (Fsp3) is 0.321. The van der Waals surface area contributed by atoms with Crippen LogP contribution >= 0.6 is 11.8 Å². The Balaban J connectivity index is 1.51. The average Bonchev–Trinajstić information content (AvgIpc) is 3.40. The highest BCUT2D eigenvalue weighted by molar-refractivity contribution is 7.99. The third kappa shape index (κ3) is 5.93. The zero-order valence-electron chi connectivity index (χ0n) is 19.9. The van der Waals surface area contributed by atoms with Crippen molar-refractivity contribution in [1.82, 2.24) is 5.32 Å². The number of carbonyl (C=O) groups excluding carboxylic acids is 1. The first-order valence-corrected chi connectivity index (χ1v) is 12.5. The highest BCUT2D eigenvalue weighted by atomic mass is 32.2. The van der Waals surface area contributed by atoms with E-state index in [2.05, 4.69) is 41.7 Å². The minimum Gasteiger partial charge on any atom is -0.497 e. The van der Waals surface area contributed by atoms with Crippen molar-refractivity contribution in [3.63, 3.8) is 0 Å². The standard InChI is InChI=1S/C28H31NO4S/c1-31-25-13-20(14-26(16-25)32-2)15-27(28(30)33-3)23-10-8-22(9-11-23)21-6-4-19(5-7-21)12-24-17-34-18-29-24/h4-11,13-14,16,24,27,29H,12,15,17-18H2,1-3H3. The monoisotopic (exact) mass is 477 g/mol. The molecule has 0 aromatic heterocycles. The molecular weight excluding hydrogens is 446 g/mol. The first-order chi connectivity index (χ1) is 16.6. The van der Waals surface area contributed by atoms with E-state index in [0.717, 1.165) is 34.6 Å². The highest BCUT2D eigenvalue weighted by Gasteiger charge is 2.23. The summed E-state index contributed by atoms with van der Waals surface area (Å²) in [5.74, 6) is 2.92. The molecule has 1 saturated heterocycles. The van der Waals surface area contributed by atoms with Gasteiger partial charge in [-0.3, -0.25) is 4.79 Å². The van der Waals surface area contributed by atoms with Crippen LogP contribution in [0.15, 0.2) is 66.7 Å². The second kappa shape index (κ2) is 11.4. The van der Waals surface area contributed by atoms with Gasteiger partial charge in [0, 0.05) is 23.7 Å². The summed E-state index contributed by atoms with van der Waals surface area (Å²) in [5.41, 5.74) is 5.49. The van der Waals surface area contributed by atoms with Gasteiger partial charge in [0.1, 0.15) is 11.5 Å². The first kappa shape index (κ1) is 24.2. The minimum atomic E-state index is -0.421. The lowest BCUT2D eigenvalue weighted by atomic mass is 9.90. The fourth-order valence-corrected chi connectivity index (χ4v) is 5.28. The third-order valence-electron chi connectivity index (χ3n) is 6.21. The molecule has 3 aromatic carbocycles. The number of hydrogen-bond acceptors (Lipinski definition) is 6. The molecule has 1 heterocycles. The quantitative estimate of drug-likeness (QED) is 0.434. The van der Waals surface area contributed by atoms with Crippen molar-refractivity contribution in [2.24, 2.45) is 0 Å². The molecule has 1 aliphatic heterocycles. The van der Waals surface area contributed by atoms with Crippen LogP contribution in [-0.4, -0.2) is 45.0 Å². The van der Waals surface area contributed by atoms with E-state index < -0.39 is 5.92 Å². The number of benzene rings is 3. The maximum atomic E-state index is 12.7. The highest BCUT2D eigenvalue weighted by Crippen LogP contribution is 2.30. The number of hydrogen-bond donors (Lipinski definition) is 1. The molecule has 2 unspecified atom stereocenters. The summed E-state index contributed by atoms with van der Waals surface area (Å²) in [6, 6.07) is 23.2.